The molecule has 116 valence electrons. The molecule has 4 nitrogen and oxygen atoms in total. The Kier molecular flexibility index (Phi) is 4.30. The number of nitrogens with one attached hydrogen (secondary N) is 1. The van der Waals surface area contributed by atoms with Gasteiger partial charge in [0.2, 0.25) is 0 Å². The molecule has 0 aliphatic carbocycles. The highest BCUT2D eigenvalue weighted by molar-refractivity contribution is 9.10. The van der Waals surface area contributed by atoms with Crippen LogP contribution in [0.1, 0.15) is 16.8 Å². The van der Waals surface area contributed by atoms with Crippen LogP contribution in [0.25, 0.3) is 5.69 Å². The van der Waals surface area contributed by atoms with Crippen molar-refractivity contribution in [2.45, 2.75) is 13.8 Å². The molecular weight excluding hydrogens is 354 g/mol. The Bertz CT molecular complexity index is 920. The van der Waals surface area contributed by atoms with Crippen molar-refractivity contribution in [1.29, 1.82) is 0 Å². The lowest BCUT2D eigenvalue weighted by molar-refractivity contribution is 0.835. The average Bonchev–Trinajstić information content (AvgIpc) is 2.82. The molecule has 0 saturated heterocycles. The molecule has 1 aromatic heterocycles. The van der Waals surface area contributed by atoms with Gasteiger partial charge in [0.15, 0.2) is 0 Å². The van der Waals surface area contributed by atoms with Crippen LogP contribution < -0.4 is 5.56 Å². The number of hydrogen-bond donors (Lipinski definition) is 1. The van der Waals surface area contributed by atoms with Crippen LogP contribution in [0.15, 0.2) is 62.8 Å². The summed E-state index contributed by atoms with van der Waals surface area (Å²) in [7, 11) is 0. The van der Waals surface area contributed by atoms with Gasteiger partial charge in [0.05, 0.1) is 16.9 Å². The van der Waals surface area contributed by atoms with Gasteiger partial charge in [-0.1, -0.05) is 34.1 Å². The van der Waals surface area contributed by atoms with Crippen molar-refractivity contribution in [2.75, 3.05) is 0 Å². The van der Waals surface area contributed by atoms with Gasteiger partial charge in [-0.05, 0) is 49.7 Å². The van der Waals surface area contributed by atoms with Crippen molar-refractivity contribution in [2.24, 2.45) is 4.99 Å². The summed E-state index contributed by atoms with van der Waals surface area (Å²) in [4.78, 5) is 17.1. The zero-order valence-electron chi connectivity index (χ0n) is 12.9. The summed E-state index contributed by atoms with van der Waals surface area (Å²) in [6.07, 6.45) is 1.63. The normalized spacial score (nSPS) is 11.3. The van der Waals surface area contributed by atoms with Gasteiger partial charge in [0.25, 0.3) is 5.56 Å². The first-order valence-electron chi connectivity index (χ1n) is 7.23. The lowest BCUT2D eigenvalue weighted by Crippen LogP contribution is -2.17. The Balaban J connectivity index is 2.00. The molecule has 0 amide bonds. The Labute approximate surface area is 142 Å². The molecule has 0 bridgehead atoms. The predicted octanol–water partition coefficient (Wildman–Crippen LogP) is 4.30. The molecule has 23 heavy (non-hydrogen) atoms. The highest BCUT2D eigenvalue weighted by atomic mass is 79.9. The Hall–Kier alpha value is -2.40. The van der Waals surface area contributed by atoms with E-state index in [1.54, 1.807) is 6.21 Å². The van der Waals surface area contributed by atoms with Crippen molar-refractivity contribution in [3.63, 3.8) is 0 Å². The minimum Gasteiger partial charge on any atom is -0.295 e. The molecule has 1 N–H and O–H groups in total. The van der Waals surface area contributed by atoms with Crippen LogP contribution in [-0.2, 0) is 0 Å². The predicted molar refractivity (Wildman–Crippen MR) is 97.3 cm³/mol. The molecule has 3 rings (SSSR count). The van der Waals surface area contributed by atoms with Gasteiger partial charge >= 0.3 is 0 Å². The van der Waals surface area contributed by atoms with Crippen LogP contribution in [0.2, 0.25) is 0 Å². The van der Waals surface area contributed by atoms with E-state index in [-0.39, 0.29) is 5.56 Å². The molecule has 0 atom stereocenters. The van der Waals surface area contributed by atoms with Gasteiger partial charge in [0.1, 0.15) is 0 Å². The van der Waals surface area contributed by atoms with E-state index >= 15 is 0 Å². The molecule has 0 aliphatic heterocycles. The third-order valence-corrected chi connectivity index (χ3v) is 4.18. The first-order valence-corrected chi connectivity index (χ1v) is 8.03. The number of halogens is 1. The maximum Gasteiger partial charge on any atom is 0.280 e. The molecule has 0 saturated carbocycles. The SMILES string of the molecule is Cc1ccccc1N=Cc1c(C)[nH]n(-c2ccc(Br)cc2)c1=O. The van der Waals surface area contributed by atoms with Crippen molar-refractivity contribution in [1.82, 2.24) is 9.78 Å². The van der Waals surface area contributed by atoms with Gasteiger partial charge in [0, 0.05) is 16.4 Å². The summed E-state index contributed by atoms with van der Waals surface area (Å²) in [6, 6.07) is 15.4. The van der Waals surface area contributed by atoms with E-state index in [1.807, 2.05) is 62.4 Å². The summed E-state index contributed by atoms with van der Waals surface area (Å²) in [5, 5.41) is 3.10. The Morgan fingerprint density at radius 1 is 1.09 bits per heavy atom. The summed E-state index contributed by atoms with van der Waals surface area (Å²) >= 11 is 3.39. The third kappa shape index (κ3) is 3.19. The molecule has 3 aromatic rings. The number of aryl methyl sites for hydroxylation is 2. The Morgan fingerprint density at radius 3 is 2.48 bits per heavy atom. The maximum absolute atomic E-state index is 12.6. The van der Waals surface area contributed by atoms with E-state index in [0.29, 0.717) is 5.56 Å². The van der Waals surface area contributed by atoms with E-state index < -0.39 is 0 Å². The zero-order chi connectivity index (χ0) is 16.4. The third-order valence-electron chi connectivity index (χ3n) is 3.65. The summed E-state index contributed by atoms with van der Waals surface area (Å²) < 4.78 is 2.50. The quantitative estimate of drug-likeness (QED) is 0.687. The summed E-state index contributed by atoms with van der Waals surface area (Å²) in [6.45, 7) is 3.87. The van der Waals surface area contributed by atoms with Crippen LogP contribution in [0.4, 0.5) is 5.69 Å². The van der Waals surface area contributed by atoms with Crippen molar-refractivity contribution in [3.8, 4) is 5.69 Å². The van der Waals surface area contributed by atoms with E-state index in [2.05, 4.69) is 26.0 Å². The number of aromatic amines is 1. The van der Waals surface area contributed by atoms with E-state index in [4.69, 9.17) is 0 Å². The van der Waals surface area contributed by atoms with Gasteiger partial charge in [-0.15, -0.1) is 0 Å². The van der Waals surface area contributed by atoms with Gasteiger partial charge < -0.3 is 0 Å². The lowest BCUT2D eigenvalue weighted by atomic mass is 10.2. The lowest BCUT2D eigenvalue weighted by Gasteiger charge is -2.00. The van der Waals surface area contributed by atoms with E-state index in [0.717, 1.165) is 27.1 Å². The number of aliphatic imine (C=N–C) groups is 1. The highest BCUT2D eigenvalue weighted by Crippen LogP contribution is 2.17. The number of benzene rings is 2. The fourth-order valence-corrected chi connectivity index (χ4v) is 2.59. The number of aromatic nitrogens is 2. The van der Waals surface area contributed by atoms with Crippen molar-refractivity contribution in [3.05, 3.63) is 80.2 Å². The smallest absolute Gasteiger partial charge is 0.280 e. The van der Waals surface area contributed by atoms with Crippen LogP contribution in [0, 0.1) is 13.8 Å². The molecule has 0 aliphatic rings. The number of H-pyrrole nitrogens is 1. The number of para-hydroxylation sites is 1. The average molecular weight is 370 g/mol. The topological polar surface area (TPSA) is 50.1 Å². The highest BCUT2D eigenvalue weighted by Gasteiger charge is 2.10. The maximum atomic E-state index is 12.6. The Morgan fingerprint density at radius 2 is 1.78 bits per heavy atom. The van der Waals surface area contributed by atoms with Crippen LogP contribution in [0.3, 0.4) is 0 Å². The molecule has 2 aromatic carbocycles. The molecular formula is C18H16BrN3O. The fraction of sp³-hybridized carbons (Fsp3) is 0.111. The van der Waals surface area contributed by atoms with Crippen LogP contribution in [-0.4, -0.2) is 16.0 Å². The zero-order valence-corrected chi connectivity index (χ0v) is 14.5. The molecule has 5 heteroatoms. The molecule has 0 unspecified atom stereocenters. The minimum absolute atomic E-state index is 0.109. The standard InChI is InChI=1S/C18H16BrN3O/c1-12-5-3-4-6-17(12)20-11-16-13(2)21-22(18(16)23)15-9-7-14(19)8-10-15/h3-11,21H,1-2H3. The second-order valence-corrected chi connectivity index (χ2v) is 6.23. The second kappa shape index (κ2) is 6.38. The van der Waals surface area contributed by atoms with Gasteiger partial charge in [-0.2, -0.15) is 0 Å². The monoisotopic (exact) mass is 369 g/mol. The van der Waals surface area contributed by atoms with Gasteiger partial charge in [-0.3, -0.25) is 14.9 Å². The molecule has 0 radical (unpaired) electrons. The van der Waals surface area contributed by atoms with Crippen LogP contribution >= 0.6 is 15.9 Å². The van der Waals surface area contributed by atoms with E-state index in [9.17, 15) is 4.79 Å². The fourth-order valence-electron chi connectivity index (χ4n) is 2.33. The number of nitrogens with zero attached hydrogens (tertiary/aromatic N) is 2. The largest absolute Gasteiger partial charge is 0.295 e. The summed E-state index contributed by atoms with van der Waals surface area (Å²) in [5.41, 5.74) is 3.97. The first-order chi connectivity index (χ1) is 11.1. The molecule has 0 fully saturated rings. The first kappa shape index (κ1) is 15.5. The van der Waals surface area contributed by atoms with Crippen molar-refractivity contribution >= 4 is 27.8 Å². The number of rotatable bonds is 3. The van der Waals surface area contributed by atoms with E-state index in [1.165, 1.54) is 4.68 Å². The molecule has 0 spiro atoms. The number of hydrogen-bond acceptors (Lipinski definition) is 2. The summed E-state index contributed by atoms with van der Waals surface area (Å²) in [5.74, 6) is 0. The minimum atomic E-state index is -0.109. The van der Waals surface area contributed by atoms with Gasteiger partial charge in [-0.25, -0.2) is 4.68 Å². The second-order valence-electron chi connectivity index (χ2n) is 5.31. The molecule has 1 heterocycles. The van der Waals surface area contributed by atoms with Crippen LogP contribution in [0.5, 0.6) is 0 Å². The van der Waals surface area contributed by atoms with Crippen molar-refractivity contribution < 1.29 is 0 Å².